The Morgan fingerprint density at radius 3 is 2.55 bits per heavy atom. The van der Waals surface area contributed by atoms with E-state index in [-0.39, 0.29) is 0 Å². The van der Waals surface area contributed by atoms with Gasteiger partial charge in [-0.15, -0.1) is 0 Å². The Labute approximate surface area is 122 Å². The highest BCUT2D eigenvalue weighted by atomic mass is 16.5. The van der Waals surface area contributed by atoms with Crippen LogP contribution in [0, 0.1) is 5.92 Å². The van der Waals surface area contributed by atoms with Crippen LogP contribution in [0.3, 0.4) is 0 Å². The molecule has 1 aromatic heterocycles. The van der Waals surface area contributed by atoms with Gasteiger partial charge in [-0.2, -0.15) is 0 Å². The van der Waals surface area contributed by atoms with Crippen LogP contribution in [-0.4, -0.2) is 31.3 Å². The number of ether oxygens (including phenoxy) is 2. The molecule has 4 heteroatoms. The first-order valence-corrected chi connectivity index (χ1v) is 7.57. The van der Waals surface area contributed by atoms with Crippen LogP contribution >= 0.6 is 0 Å². The van der Waals surface area contributed by atoms with Crippen LogP contribution in [0.25, 0.3) is 0 Å². The topological polar surface area (TPSA) is 43.4 Å². The summed E-state index contributed by atoms with van der Waals surface area (Å²) in [4.78, 5) is 4.47. The minimum Gasteiger partial charge on any atom is -0.490 e. The molecule has 0 saturated carbocycles. The highest BCUT2D eigenvalue weighted by Crippen LogP contribution is 2.17. The van der Waals surface area contributed by atoms with Crippen molar-refractivity contribution in [2.24, 2.45) is 5.92 Å². The fourth-order valence-corrected chi connectivity index (χ4v) is 1.93. The van der Waals surface area contributed by atoms with E-state index in [9.17, 15) is 0 Å². The summed E-state index contributed by atoms with van der Waals surface area (Å²) >= 11 is 0. The quantitative estimate of drug-likeness (QED) is 0.668. The Balaban J connectivity index is 2.34. The van der Waals surface area contributed by atoms with Crippen molar-refractivity contribution in [3.63, 3.8) is 0 Å². The lowest BCUT2D eigenvalue weighted by Crippen LogP contribution is -2.21. The van der Waals surface area contributed by atoms with Crippen LogP contribution in [0.15, 0.2) is 18.3 Å². The van der Waals surface area contributed by atoms with Crippen LogP contribution in [0.5, 0.6) is 5.75 Å². The van der Waals surface area contributed by atoms with Crippen LogP contribution in [0.4, 0.5) is 0 Å². The van der Waals surface area contributed by atoms with Gasteiger partial charge in [-0.3, -0.25) is 4.98 Å². The normalized spacial score (nSPS) is 12.7. The summed E-state index contributed by atoms with van der Waals surface area (Å²) in [6.45, 7) is 11.5. The fraction of sp³-hybridized carbons (Fsp3) is 0.688. The fourth-order valence-electron chi connectivity index (χ4n) is 1.93. The molecule has 4 nitrogen and oxygen atoms in total. The van der Waals surface area contributed by atoms with Gasteiger partial charge < -0.3 is 14.8 Å². The van der Waals surface area contributed by atoms with E-state index in [0.29, 0.717) is 25.2 Å². The largest absolute Gasteiger partial charge is 0.490 e. The third-order valence-electron chi connectivity index (χ3n) is 2.92. The molecule has 0 aromatic carbocycles. The van der Waals surface area contributed by atoms with Gasteiger partial charge in [0.1, 0.15) is 12.4 Å². The highest BCUT2D eigenvalue weighted by Gasteiger charge is 2.08. The molecule has 0 fully saturated rings. The molecule has 0 radical (unpaired) electrons. The molecule has 0 bridgehead atoms. The van der Waals surface area contributed by atoms with Gasteiger partial charge in [0.2, 0.25) is 0 Å². The number of hydrogen-bond acceptors (Lipinski definition) is 4. The van der Waals surface area contributed by atoms with Crippen molar-refractivity contribution in [1.82, 2.24) is 10.3 Å². The van der Waals surface area contributed by atoms with Crippen LogP contribution in [0.2, 0.25) is 0 Å². The first-order valence-electron chi connectivity index (χ1n) is 7.57. The molecule has 1 atom stereocenters. The van der Waals surface area contributed by atoms with Crippen molar-refractivity contribution in [3.05, 3.63) is 24.0 Å². The number of nitrogens with one attached hydrogen (secondary N) is 1. The van der Waals surface area contributed by atoms with Crippen LogP contribution in [0.1, 0.15) is 45.9 Å². The lowest BCUT2D eigenvalue weighted by Gasteiger charge is -2.15. The van der Waals surface area contributed by atoms with E-state index in [1.807, 2.05) is 12.1 Å². The van der Waals surface area contributed by atoms with Crippen molar-refractivity contribution in [2.45, 2.75) is 40.2 Å². The Morgan fingerprint density at radius 1 is 1.20 bits per heavy atom. The van der Waals surface area contributed by atoms with Crippen molar-refractivity contribution in [3.8, 4) is 5.75 Å². The van der Waals surface area contributed by atoms with E-state index < -0.39 is 0 Å². The number of hydrogen-bond donors (Lipinski definition) is 1. The summed E-state index contributed by atoms with van der Waals surface area (Å²) in [5, 5.41) is 3.42. The molecule has 20 heavy (non-hydrogen) atoms. The second-order valence-electron chi connectivity index (χ2n) is 5.25. The summed E-state index contributed by atoms with van der Waals surface area (Å²) in [6.07, 6.45) is 2.82. The van der Waals surface area contributed by atoms with Gasteiger partial charge in [-0.25, -0.2) is 0 Å². The van der Waals surface area contributed by atoms with Gasteiger partial charge in [0, 0.05) is 12.6 Å². The zero-order valence-electron chi connectivity index (χ0n) is 13.2. The van der Waals surface area contributed by atoms with Gasteiger partial charge in [0.05, 0.1) is 18.5 Å². The second kappa shape index (κ2) is 9.72. The number of rotatable bonds is 10. The van der Waals surface area contributed by atoms with Crippen molar-refractivity contribution in [1.29, 1.82) is 0 Å². The van der Waals surface area contributed by atoms with E-state index in [1.54, 1.807) is 6.20 Å². The Kier molecular flexibility index (Phi) is 8.23. The summed E-state index contributed by atoms with van der Waals surface area (Å²) < 4.78 is 11.1. The maximum absolute atomic E-state index is 5.61. The molecule has 1 unspecified atom stereocenters. The summed E-state index contributed by atoms with van der Waals surface area (Å²) in [5.74, 6) is 1.36. The maximum Gasteiger partial charge on any atom is 0.137 e. The molecule has 0 aliphatic heterocycles. The molecule has 1 rings (SSSR count). The number of pyridine rings is 1. The van der Waals surface area contributed by atoms with Gasteiger partial charge in [-0.1, -0.05) is 27.7 Å². The average Bonchev–Trinajstić information content (AvgIpc) is 2.45. The van der Waals surface area contributed by atoms with Gasteiger partial charge >= 0.3 is 0 Å². The zero-order chi connectivity index (χ0) is 14.8. The maximum atomic E-state index is 5.61. The number of aromatic nitrogens is 1. The lowest BCUT2D eigenvalue weighted by molar-refractivity contribution is 0.0818. The van der Waals surface area contributed by atoms with Crippen LogP contribution in [-0.2, 0) is 4.74 Å². The second-order valence-corrected chi connectivity index (χ2v) is 5.25. The Bertz CT molecular complexity index is 352. The smallest absolute Gasteiger partial charge is 0.137 e. The predicted molar refractivity (Wildman–Crippen MR) is 82.1 cm³/mol. The molecular formula is C16H28N2O2. The third kappa shape index (κ3) is 6.35. The van der Waals surface area contributed by atoms with E-state index in [2.05, 4.69) is 38.0 Å². The van der Waals surface area contributed by atoms with Crippen LogP contribution < -0.4 is 10.1 Å². The minimum atomic E-state index is 0.323. The first kappa shape index (κ1) is 16.9. The number of nitrogens with zero attached hydrogens (tertiary/aromatic N) is 1. The molecule has 0 aliphatic carbocycles. The minimum absolute atomic E-state index is 0.323. The molecular weight excluding hydrogens is 252 g/mol. The van der Waals surface area contributed by atoms with E-state index in [4.69, 9.17) is 9.47 Å². The Morgan fingerprint density at radius 2 is 2.00 bits per heavy atom. The first-order chi connectivity index (χ1) is 9.67. The highest BCUT2D eigenvalue weighted by molar-refractivity contribution is 5.21. The van der Waals surface area contributed by atoms with Crippen molar-refractivity contribution in [2.75, 3.05) is 26.4 Å². The SMILES string of the molecule is CCNC(CC)c1ccc(OCCOCC(C)C)cn1. The van der Waals surface area contributed by atoms with Gasteiger partial charge in [-0.05, 0) is 31.0 Å². The Hall–Kier alpha value is -1.13. The van der Waals surface area contributed by atoms with E-state index in [0.717, 1.165) is 31.0 Å². The molecule has 1 N–H and O–H groups in total. The van der Waals surface area contributed by atoms with Crippen molar-refractivity contribution < 1.29 is 9.47 Å². The lowest BCUT2D eigenvalue weighted by atomic mass is 10.1. The molecule has 0 aliphatic rings. The summed E-state index contributed by atoms with van der Waals surface area (Å²) in [5.41, 5.74) is 1.07. The van der Waals surface area contributed by atoms with Crippen molar-refractivity contribution >= 4 is 0 Å². The molecule has 1 heterocycles. The van der Waals surface area contributed by atoms with E-state index >= 15 is 0 Å². The summed E-state index contributed by atoms with van der Waals surface area (Å²) in [7, 11) is 0. The van der Waals surface area contributed by atoms with Gasteiger partial charge in [0.25, 0.3) is 0 Å². The standard InChI is InChI=1S/C16H28N2O2/c1-5-15(17-6-2)16-8-7-14(11-18-16)20-10-9-19-12-13(3)4/h7-8,11,13,15,17H,5-6,9-10,12H2,1-4H3. The summed E-state index contributed by atoms with van der Waals surface area (Å²) in [6, 6.07) is 4.33. The molecule has 114 valence electrons. The monoisotopic (exact) mass is 280 g/mol. The molecule has 1 aromatic rings. The molecule has 0 spiro atoms. The molecule has 0 saturated heterocycles. The third-order valence-corrected chi connectivity index (χ3v) is 2.92. The predicted octanol–water partition coefficient (Wildman–Crippen LogP) is 3.19. The van der Waals surface area contributed by atoms with E-state index in [1.165, 1.54) is 0 Å². The zero-order valence-corrected chi connectivity index (χ0v) is 13.2. The van der Waals surface area contributed by atoms with Gasteiger partial charge in [0.15, 0.2) is 0 Å². The molecule has 0 amide bonds. The average molecular weight is 280 g/mol.